The Morgan fingerprint density at radius 1 is 1.53 bits per heavy atom. The second kappa shape index (κ2) is 5.78. The Balaban J connectivity index is 2.00. The molecule has 1 saturated carbocycles. The minimum Gasteiger partial charge on any atom is -0.494 e. The van der Waals surface area contributed by atoms with Gasteiger partial charge in [0.2, 0.25) is 0 Å². The van der Waals surface area contributed by atoms with Crippen LogP contribution in [0.15, 0.2) is 18.2 Å². The third-order valence-corrected chi connectivity index (χ3v) is 3.81. The molecule has 19 heavy (non-hydrogen) atoms. The van der Waals surface area contributed by atoms with Gasteiger partial charge >= 0.3 is 0 Å². The van der Waals surface area contributed by atoms with E-state index in [0.29, 0.717) is 18.0 Å². The van der Waals surface area contributed by atoms with Crippen molar-refractivity contribution in [3.05, 3.63) is 29.6 Å². The lowest BCUT2D eigenvalue weighted by Crippen LogP contribution is -2.37. The van der Waals surface area contributed by atoms with Gasteiger partial charge in [0.25, 0.3) is 5.91 Å². The first-order valence-corrected chi connectivity index (χ1v) is 6.68. The number of rotatable bonds is 4. The van der Waals surface area contributed by atoms with Crippen LogP contribution in [0.4, 0.5) is 4.39 Å². The molecule has 0 saturated heterocycles. The van der Waals surface area contributed by atoms with Gasteiger partial charge in [-0.25, -0.2) is 4.39 Å². The summed E-state index contributed by atoms with van der Waals surface area (Å²) in [6.45, 7) is 0.662. The largest absolute Gasteiger partial charge is 0.494 e. The summed E-state index contributed by atoms with van der Waals surface area (Å²) in [7, 11) is 3.12. The standard InChI is InChI=1S/C14H17ClFNO2/c1-17(8-9-5-11(15)6-9)14(18)10-3-4-13(19-2)12(16)7-10/h3-4,7,9,11H,5-6,8H2,1-2H3. The molecule has 1 fully saturated rings. The predicted octanol–water partition coefficient (Wildman–Crippen LogP) is 2.92. The molecule has 0 atom stereocenters. The van der Waals surface area contributed by atoms with Crippen molar-refractivity contribution in [1.29, 1.82) is 0 Å². The maximum atomic E-state index is 13.6. The zero-order chi connectivity index (χ0) is 14.0. The first kappa shape index (κ1) is 14.1. The van der Waals surface area contributed by atoms with Gasteiger partial charge in [-0.05, 0) is 37.0 Å². The highest BCUT2D eigenvalue weighted by Gasteiger charge is 2.29. The van der Waals surface area contributed by atoms with E-state index in [1.807, 2.05) is 0 Å². The average molecular weight is 286 g/mol. The van der Waals surface area contributed by atoms with E-state index in [-0.39, 0.29) is 17.0 Å². The van der Waals surface area contributed by atoms with Gasteiger partial charge in [-0.1, -0.05) is 0 Å². The molecule has 0 radical (unpaired) electrons. The van der Waals surface area contributed by atoms with Gasteiger partial charge < -0.3 is 9.64 Å². The van der Waals surface area contributed by atoms with Gasteiger partial charge in [-0.3, -0.25) is 4.79 Å². The lowest BCUT2D eigenvalue weighted by atomic mass is 9.84. The molecule has 104 valence electrons. The van der Waals surface area contributed by atoms with E-state index < -0.39 is 5.82 Å². The summed E-state index contributed by atoms with van der Waals surface area (Å²) in [6.07, 6.45) is 1.88. The highest BCUT2D eigenvalue weighted by atomic mass is 35.5. The zero-order valence-corrected chi connectivity index (χ0v) is 11.8. The number of hydrogen-bond donors (Lipinski definition) is 0. The van der Waals surface area contributed by atoms with E-state index in [4.69, 9.17) is 16.3 Å². The van der Waals surface area contributed by atoms with Crippen LogP contribution in [0, 0.1) is 11.7 Å². The molecule has 0 bridgehead atoms. The fourth-order valence-electron chi connectivity index (χ4n) is 2.29. The Morgan fingerprint density at radius 3 is 2.74 bits per heavy atom. The molecule has 1 aromatic carbocycles. The van der Waals surface area contributed by atoms with Crippen molar-refractivity contribution in [3.63, 3.8) is 0 Å². The summed E-state index contributed by atoms with van der Waals surface area (Å²) in [5.74, 6) is -0.103. The van der Waals surface area contributed by atoms with Crippen molar-refractivity contribution >= 4 is 17.5 Å². The summed E-state index contributed by atoms with van der Waals surface area (Å²) in [5.41, 5.74) is 0.336. The molecule has 2 rings (SSSR count). The number of carbonyl (C=O) groups excluding carboxylic acids is 1. The van der Waals surface area contributed by atoms with Crippen molar-refractivity contribution in [2.75, 3.05) is 20.7 Å². The van der Waals surface area contributed by atoms with Crippen LogP contribution in [0.2, 0.25) is 0 Å². The molecule has 0 spiro atoms. The van der Waals surface area contributed by atoms with E-state index in [1.165, 1.54) is 19.2 Å². The maximum absolute atomic E-state index is 13.6. The highest BCUT2D eigenvalue weighted by molar-refractivity contribution is 6.21. The Hall–Kier alpha value is -1.29. The molecule has 1 aromatic rings. The van der Waals surface area contributed by atoms with Gasteiger partial charge in [0, 0.05) is 24.5 Å². The number of alkyl halides is 1. The molecule has 3 nitrogen and oxygen atoms in total. The Labute approximate surface area is 117 Å². The van der Waals surface area contributed by atoms with Gasteiger partial charge in [0.15, 0.2) is 11.6 Å². The van der Waals surface area contributed by atoms with Crippen LogP contribution in [0.1, 0.15) is 23.2 Å². The second-order valence-corrected chi connectivity index (χ2v) is 5.59. The zero-order valence-electron chi connectivity index (χ0n) is 11.0. The van der Waals surface area contributed by atoms with E-state index in [2.05, 4.69) is 0 Å². The molecular weight excluding hydrogens is 269 g/mol. The van der Waals surface area contributed by atoms with Crippen LogP contribution in [0.5, 0.6) is 5.75 Å². The van der Waals surface area contributed by atoms with Crippen molar-refractivity contribution in [2.24, 2.45) is 5.92 Å². The van der Waals surface area contributed by atoms with Crippen molar-refractivity contribution < 1.29 is 13.9 Å². The Kier molecular flexibility index (Phi) is 4.30. The number of halogens is 2. The molecule has 0 aliphatic heterocycles. The monoisotopic (exact) mass is 285 g/mol. The number of hydrogen-bond acceptors (Lipinski definition) is 2. The first-order chi connectivity index (χ1) is 9.01. The van der Waals surface area contributed by atoms with Crippen molar-refractivity contribution in [1.82, 2.24) is 4.90 Å². The number of carbonyl (C=O) groups is 1. The van der Waals surface area contributed by atoms with Crippen LogP contribution in [-0.4, -0.2) is 36.9 Å². The fraction of sp³-hybridized carbons (Fsp3) is 0.500. The van der Waals surface area contributed by atoms with Gasteiger partial charge in [-0.2, -0.15) is 0 Å². The van der Waals surface area contributed by atoms with E-state index in [1.54, 1.807) is 18.0 Å². The van der Waals surface area contributed by atoms with Crippen LogP contribution in [0.25, 0.3) is 0 Å². The number of amides is 1. The van der Waals surface area contributed by atoms with Gasteiger partial charge in [-0.15, -0.1) is 11.6 Å². The Bertz CT molecular complexity index is 475. The summed E-state index contributed by atoms with van der Waals surface area (Å²) in [4.78, 5) is 13.8. The minimum absolute atomic E-state index is 0.142. The third-order valence-electron chi connectivity index (χ3n) is 3.46. The quantitative estimate of drug-likeness (QED) is 0.796. The molecule has 1 aliphatic rings. The van der Waals surface area contributed by atoms with E-state index >= 15 is 0 Å². The first-order valence-electron chi connectivity index (χ1n) is 6.24. The molecule has 0 unspecified atom stereocenters. The molecular formula is C14H17ClFNO2. The number of ether oxygens (including phenoxy) is 1. The van der Waals surface area contributed by atoms with Crippen molar-refractivity contribution in [2.45, 2.75) is 18.2 Å². The summed E-state index contributed by atoms with van der Waals surface area (Å²) in [6, 6.07) is 4.25. The van der Waals surface area contributed by atoms with Crippen LogP contribution < -0.4 is 4.74 Å². The minimum atomic E-state index is -0.522. The SMILES string of the molecule is COc1ccc(C(=O)N(C)CC2CC(Cl)C2)cc1F. The van der Waals surface area contributed by atoms with E-state index in [9.17, 15) is 9.18 Å². The molecule has 0 N–H and O–H groups in total. The lowest BCUT2D eigenvalue weighted by molar-refractivity contribution is 0.0746. The van der Waals surface area contributed by atoms with E-state index in [0.717, 1.165) is 12.8 Å². The normalized spacial score (nSPS) is 21.7. The summed E-state index contributed by atoms with van der Waals surface area (Å²) < 4.78 is 18.4. The summed E-state index contributed by atoms with van der Waals surface area (Å²) >= 11 is 5.91. The van der Waals surface area contributed by atoms with Crippen LogP contribution in [-0.2, 0) is 0 Å². The smallest absolute Gasteiger partial charge is 0.253 e. The molecule has 0 aromatic heterocycles. The average Bonchev–Trinajstić information content (AvgIpc) is 2.35. The van der Waals surface area contributed by atoms with Crippen LogP contribution in [0.3, 0.4) is 0 Å². The number of benzene rings is 1. The second-order valence-electron chi connectivity index (χ2n) is 4.97. The highest BCUT2D eigenvalue weighted by Crippen LogP contribution is 2.32. The van der Waals surface area contributed by atoms with Crippen LogP contribution >= 0.6 is 11.6 Å². The maximum Gasteiger partial charge on any atom is 0.253 e. The fourth-order valence-corrected chi connectivity index (χ4v) is 2.80. The van der Waals surface area contributed by atoms with Gasteiger partial charge in [0.1, 0.15) is 0 Å². The molecule has 0 heterocycles. The molecule has 1 amide bonds. The molecule has 1 aliphatic carbocycles. The van der Waals surface area contributed by atoms with Crippen molar-refractivity contribution in [3.8, 4) is 5.75 Å². The topological polar surface area (TPSA) is 29.5 Å². The molecule has 5 heteroatoms. The number of nitrogens with zero attached hydrogens (tertiary/aromatic N) is 1. The van der Waals surface area contributed by atoms with Gasteiger partial charge in [0.05, 0.1) is 7.11 Å². The number of methoxy groups -OCH3 is 1. The predicted molar refractivity (Wildman–Crippen MR) is 72.3 cm³/mol. The Morgan fingerprint density at radius 2 is 2.21 bits per heavy atom. The summed E-state index contributed by atoms with van der Waals surface area (Å²) in [5, 5.41) is 0.243. The third kappa shape index (κ3) is 3.18. The lowest BCUT2D eigenvalue weighted by Gasteiger charge is -2.34.